The molecule has 0 radical (unpaired) electrons. The average molecular weight is 340 g/mol. The van der Waals surface area contributed by atoms with Gasteiger partial charge in [0, 0.05) is 28.8 Å². The van der Waals surface area contributed by atoms with Crippen LogP contribution in [-0.4, -0.2) is 12.0 Å². The third kappa shape index (κ3) is 3.35. The minimum atomic E-state index is 0.232. The third-order valence-electron chi connectivity index (χ3n) is 3.35. The maximum absolute atomic E-state index is 6.05. The lowest BCUT2D eigenvalue weighted by molar-refractivity contribution is 0.507. The van der Waals surface area contributed by atoms with E-state index in [9.17, 15) is 0 Å². The molecule has 2 unspecified atom stereocenters. The van der Waals surface area contributed by atoms with Gasteiger partial charge in [-0.05, 0) is 58.4 Å². The Hall–Kier alpha value is -0.900. The van der Waals surface area contributed by atoms with Crippen molar-refractivity contribution in [3.63, 3.8) is 0 Å². The molecule has 0 aliphatic carbocycles. The predicted octanol–water partition coefficient (Wildman–Crippen LogP) is 4.56. The molecule has 0 aliphatic rings. The van der Waals surface area contributed by atoms with Crippen molar-refractivity contribution in [2.24, 2.45) is 0 Å². The number of halogens is 2. The summed E-state index contributed by atoms with van der Waals surface area (Å²) in [5.74, 6) is 0.348. The highest BCUT2D eigenvalue weighted by molar-refractivity contribution is 9.10. The van der Waals surface area contributed by atoms with E-state index in [1.165, 1.54) is 11.1 Å². The van der Waals surface area contributed by atoms with Gasteiger partial charge in [0.1, 0.15) is 0 Å². The maximum Gasteiger partial charge on any atom is 0.0548 e. The molecule has 0 fully saturated rings. The SMILES string of the molecule is CNC(c1ccc(Cl)c(Br)c1)C(C)c1ccncc1. The Morgan fingerprint density at radius 1 is 1.16 bits per heavy atom. The number of hydrogen-bond donors (Lipinski definition) is 1. The molecule has 0 bridgehead atoms. The summed E-state index contributed by atoms with van der Waals surface area (Å²) in [6.45, 7) is 2.21. The van der Waals surface area contributed by atoms with Gasteiger partial charge in [0.2, 0.25) is 0 Å². The van der Waals surface area contributed by atoms with Crippen molar-refractivity contribution in [1.82, 2.24) is 10.3 Å². The Balaban J connectivity index is 2.31. The van der Waals surface area contributed by atoms with Gasteiger partial charge in [-0.1, -0.05) is 24.6 Å². The molecule has 1 heterocycles. The van der Waals surface area contributed by atoms with Crippen LogP contribution in [0.5, 0.6) is 0 Å². The van der Waals surface area contributed by atoms with Crippen LogP contribution < -0.4 is 5.32 Å². The second-order valence-electron chi connectivity index (χ2n) is 4.51. The van der Waals surface area contributed by atoms with Gasteiger partial charge in [-0.25, -0.2) is 0 Å². The summed E-state index contributed by atoms with van der Waals surface area (Å²) in [4.78, 5) is 4.07. The van der Waals surface area contributed by atoms with E-state index >= 15 is 0 Å². The Morgan fingerprint density at radius 2 is 1.84 bits per heavy atom. The molecule has 100 valence electrons. The summed E-state index contributed by atoms with van der Waals surface area (Å²) in [6, 6.07) is 10.4. The fourth-order valence-corrected chi connectivity index (χ4v) is 2.78. The zero-order valence-electron chi connectivity index (χ0n) is 10.9. The topological polar surface area (TPSA) is 24.9 Å². The van der Waals surface area contributed by atoms with Crippen LogP contribution in [0.3, 0.4) is 0 Å². The summed E-state index contributed by atoms with van der Waals surface area (Å²) >= 11 is 9.53. The summed E-state index contributed by atoms with van der Waals surface area (Å²) < 4.78 is 0.925. The standard InChI is InChI=1S/C15H16BrClN2/c1-10(11-5-7-19-8-6-11)15(18-2)12-3-4-14(17)13(16)9-12/h3-10,15,18H,1-2H3. The number of hydrogen-bond acceptors (Lipinski definition) is 2. The molecule has 2 rings (SSSR count). The molecule has 2 nitrogen and oxygen atoms in total. The van der Waals surface area contributed by atoms with Crippen LogP contribution in [0, 0.1) is 0 Å². The summed E-state index contributed by atoms with van der Waals surface area (Å²) in [5.41, 5.74) is 2.48. The number of pyridine rings is 1. The number of nitrogens with one attached hydrogen (secondary N) is 1. The quantitative estimate of drug-likeness (QED) is 0.883. The van der Waals surface area contributed by atoms with Crippen LogP contribution in [0.15, 0.2) is 47.2 Å². The largest absolute Gasteiger partial charge is 0.312 e. The molecule has 1 aromatic heterocycles. The van der Waals surface area contributed by atoms with Gasteiger partial charge >= 0.3 is 0 Å². The van der Waals surface area contributed by atoms with Crippen LogP contribution >= 0.6 is 27.5 Å². The van der Waals surface area contributed by atoms with E-state index in [1.807, 2.05) is 25.5 Å². The summed E-state index contributed by atoms with van der Waals surface area (Å²) in [6.07, 6.45) is 3.66. The van der Waals surface area contributed by atoms with Crippen molar-refractivity contribution in [2.75, 3.05) is 7.05 Å². The fraction of sp³-hybridized carbons (Fsp3) is 0.267. The molecular weight excluding hydrogens is 324 g/mol. The van der Waals surface area contributed by atoms with Gasteiger partial charge in [-0.3, -0.25) is 4.98 Å². The minimum absolute atomic E-state index is 0.232. The first-order valence-electron chi connectivity index (χ1n) is 6.15. The van der Waals surface area contributed by atoms with Crippen LogP contribution in [0.4, 0.5) is 0 Å². The van der Waals surface area contributed by atoms with Crippen molar-refractivity contribution < 1.29 is 0 Å². The van der Waals surface area contributed by atoms with Crippen molar-refractivity contribution in [3.8, 4) is 0 Å². The molecule has 0 amide bonds. The Labute approximate surface area is 127 Å². The zero-order valence-corrected chi connectivity index (χ0v) is 13.2. The average Bonchev–Trinajstić information content (AvgIpc) is 2.44. The molecule has 0 aliphatic heterocycles. The normalized spacial score (nSPS) is 14.1. The maximum atomic E-state index is 6.05. The number of benzene rings is 1. The van der Waals surface area contributed by atoms with Gasteiger partial charge < -0.3 is 5.32 Å². The molecule has 2 aromatic rings. The van der Waals surface area contributed by atoms with Gasteiger partial charge in [0.05, 0.1) is 5.02 Å². The monoisotopic (exact) mass is 338 g/mol. The van der Waals surface area contributed by atoms with E-state index in [1.54, 1.807) is 0 Å². The van der Waals surface area contributed by atoms with Gasteiger partial charge in [-0.15, -0.1) is 0 Å². The van der Waals surface area contributed by atoms with E-state index in [4.69, 9.17) is 11.6 Å². The Bertz CT molecular complexity index is 545. The molecule has 2 atom stereocenters. The molecule has 0 saturated carbocycles. The number of nitrogens with zero attached hydrogens (tertiary/aromatic N) is 1. The van der Waals surface area contributed by atoms with Gasteiger partial charge in [0.25, 0.3) is 0 Å². The Morgan fingerprint density at radius 3 is 2.42 bits per heavy atom. The number of likely N-dealkylation sites (N-methyl/N-ethyl adjacent to an activating group) is 1. The lowest BCUT2D eigenvalue weighted by Gasteiger charge is -2.24. The van der Waals surface area contributed by atoms with Crippen LogP contribution in [0.25, 0.3) is 0 Å². The van der Waals surface area contributed by atoms with E-state index < -0.39 is 0 Å². The smallest absolute Gasteiger partial charge is 0.0548 e. The first kappa shape index (κ1) is 14.5. The summed E-state index contributed by atoms with van der Waals surface area (Å²) in [5, 5.41) is 4.11. The molecule has 1 aromatic carbocycles. The van der Waals surface area contributed by atoms with Gasteiger partial charge in [-0.2, -0.15) is 0 Å². The summed E-state index contributed by atoms with van der Waals surface area (Å²) in [7, 11) is 1.98. The minimum Gasteiger partial charge on any atom is -0.312 e. The number of aromatic nitrogens is 1. The predicted molar refractivity (Wildman–Crippen MR) is 83.6 cm³/mol. The lowest BCUT2D eigenvalue weighted by Crippen LogP contribution is -2.22. The highest BCUT2D eigenvalue weighted by Crippen LogP contribution is 2.33. The fourth-order valence-electron chi connectivity index (χ4n) is 2.27. The highest BCUT2D eigenvalue weighted by atomic mass is 79.9. The van der Waals surface area contributed by atoms with E-state index in [0.717, 1.165) is 9.50 Å². The second kappa shape index (κ2) is 6.51. The van der Waals surface area contributed by atoms with Crippen molar-refractivity contribution >= 4 is 27.5 Å². The number of rotatable bonds is 4. The third-order valence-corrected chi connectivity index (χ3v) is 4.56. The molecule has 1 N–H and O–H groups in total. The van der Waals surface area contributed by atoms with Crippen molar-refractivity contribution in [1.29, 1.82) is 0 Å². The van der Waals surface area contributed by atoms with E-state index in [2.05, 4.69) is 57.4 Å². The first-order valence-corrected chi connectivity index (χ1v) is 7.32. The molecular formula is C15H16BrClN2. The van der Waals surface area contributed by atoms with E-state index in [-0.39, 0.29) is 6.04 Å². The van der Waals surface area contributed by atoms with Gasteiger partial charge in [0.15, 0.2) is 0 Å². The molecule has 0 saturated heterocycles. The van der Waals surface area contributed by atoms with Crippen LogP contribution in [0.2, 0.25) is 5.02 Å². The molecule has 19 heavy (non-hydrogen) atoms. The lowest BCUT2D eigenvalue weighted by atomic mass is 9.89. The van der Waals surface area contributed by atoms with Crippen LogP contribution in [-0.2, 0) is 0 Å². The molecule has 0 spiro atoms. The zero-order chi connectivity index (χ0) is 13.8. The van der Waals surface area contributed by atoms with E-state index in [0.29, 0.717) is 5.92 Å². The highest BCUT2D eigenvalue weighted by Gasteiger charge is 2.19. The second-order valence-corrected chi connectivity index (χ2v) is 5.77. The van der Waals surface area contributed by atoms with Crippen molar-refractivity contribution in [2.45, 2.75) is 18.9 Å². The van der Waals surface area contributed by atoms with Crippen LogP contribution in [0.1, 0.15) is 30.0 Å². The molecule has 4 heteroatoms. The Kier molecular flexibility index (Phi) is 4.97. The first-order chi connectivity index (χ1) is 9.13. The van der Waals surface area contributed by atoms with Crippen molar-refractivity contribution in [3.05, 3.63) is 63.3 Å².